The number of carboxylic acids is 1. The smallest absolute Gasteiger partial charge is 0.338 e. The van der Waals surface area contributed by atoms with E-state index in [1.165, 1.54) is 18.2 Å². The van der Waals surface area contributed by atoms with Crippen LogP contribution in [0.4, 0.5) is 4.39 Å². The number of hydrogen-bond acceptors (Lipinski definition) is 3. The molecule has 4 nitrogen and oxygen atoms in total. The normalized spacial score (nSPS) is 10.4. The van der Waals surface area contributed by atoms with Crippen LogP contribution in [0.5, 0.6) is 0 Å². The molecule has 0 saturated carbocycles. The van der Waals surface area contributed by atoms with Gasteiger partial charge in [0, 0.05) is 12.4 Å². The molecule has 0 aliphatic rings. The number of ether oxygens (including phenoxy) is 1. The number of carboxylic acid groups (broad SMARTS) is 1. The molecule has 0 aliphatic heterocycles. The molecular weight excluding hydrogens is 249 g/mol. The predicted molar refractivity (Wildman–Crippen MR) is 66.1 cm³/mol. The lowest BCUT2D eigenvalue weighted by Gasteiger charge is -2.05. The van der Waals surface area contributed by atoms with Gasteiger partial charge in [0.1, 0.15) is 5.82 Å². The van der Waals surface area contributed by atoms with E-state index in [2.05, 4.69) is 4.98 Å². The van der Waals surface area contributed by atoms with Crippen LogP contribution in [0.15, 0.2) is 42.7 Å². The van der Waals surface area contributed by atoms with Gasteiger partial charge in [-0.25, -0.2) is 9.18 Å². The first-order chi connectivity index (χ1) is 9.16. The second kappa shape index (κ2) is 6.06. The summed E-state index contributed by atoms with van der Waals surface area (Å²) in [6, 6.07) is 7.63. The summed E-state index contributed by atoms with van der Waals surface area (Å²) in [5, 5.41) is 8.70. The summed E-state index contributed by atoms with van der Waals surface area (Å²) >= 11 is 0. The minimum absolute atomic E-state index is 0.214. The Morgan fingerprint density at radius 3 is 2.68 bits per heavy atom. The fourth-order valence-electron chi connectivity index (χ4n) is 1.59. The van der Waals surface area contributed by atoms with E-state index in [0.29, 0.717) is 12.2 Å². The Balaban J connectivity index is 1.93. The molecule has 2 rings (SSSR count). The Kier molecular flexibility index (Phi) is 4.20. The van der Waals surface area contributed by atoms with Gasteiger partial charge in [-0.05, 0) is 29.3 Å². The molecule has 19 heavy (non-hydrogen) atoms. The summed E-state index contributed by atoms with van der Waals surface area (Å²) in [6.45, 7) is 0.585. The van der Waals surface area contributed by atoms with Crippen LogP contribution in [0.25, 0.3) is 0 Å². The zero-order chi connectivity index (χ0) is 13.7. The van der Waals surface area contributed by atoms with Crippen LogP contribution in [0, 0.1) is 5.82 Å². The van der Waals surface area contributed by atoms with Gasteiger partial charge in [0.25, 0.3) is 0 Å². The first-order valence-corrected chi connectivity index (χ1v) is 5.65. The van der Waals surface area contributed by atoms with Gasteiger partial charge >= 0.3 is 5.97 Å². The van der Waals surface area contributed by atoms with Gasteiger partial charge < -0.3 is 9.84 Å². The number of pyridine rings is 1. The van der Waals surface area contributed by atoms with E-state index in [4.69, 9.17) is 9.84 Å². The van der Waals surface area contributed by atoms with E-state index >= 15 is 0 Å². The summed E-state index contributed by atoms with van der Waals surface area (Å²) in [4.78, 5) is 14.6. The topological polar surface area (TPSA) is 59.4 Å². The zero-order valence-electron chi connectivity index (χ0n) is 10.0. The fourth-order valence-corrected chi connectivity index (χ4v) is 1.59. The number of nitrogens with zero attached hydrogens (tertiary/aromatic N) is 1. The molecule has 0 amide bonds. The second-order valence-electron chi connectivity index (χ2n) is 3.97. The maximum atomic E-state index is 13.4. The Hall–Kier alpha value is -2.27. The number of rotatable bonds is 5. The molecule has 0 saturated heterocycles. The van der Waals surface area contributed by atoms with Crippen LogP contribution in [-0.2, 0) is 18.0 Å². The molecule has 1 aromatic heterocycles. The van der Waals surface area contributed by atoms with E-state index < -0.39 is 11.8 Å². The Morgan fingerprint density at radius 2 is 2.05 bits per heavy atom. The van der Waals surface area contributed by atoms with E-state index in [9.17, 15) is 9.18 Å². The molecule has 1 aromatic carbocycles. The van der Waals surface area contributed by atoms with Crippen molar-refractivity contribution in [3.8, 4) is 0 Å². The molecule has 0 spiro atoms. The highest BCUT2D eigenvalue weighted by Crippen LogP contribution is 2.12. The van der Waals surface area contributed by atoms with Crippen LogP contribution >= 0.6 is 0 Å². The number of hydrogen-bond donors (Lipinski definition) is 1. The molecule has 1 heterocycles. The Morgan fingerprint density at radius 1 is 1.26 bits per heavy atom. The lowest BCUT2D eigenvalue weighted by molar-refractivity contribution is 0.0691. The summed E-state index contributed by atoms with van der Waals surface area (Å²) in [6.07, 6.45) is 3.36. The standard InChI is InChI=1S/C14H12FNO3/c15-13-6-10(3-4-12(13)14(17)18)8-19-9-11-2-1-5-16-7-11/h1-7H,8-9H2,(H,17,18). The van der Waals surface area contributed by atoms with E-state index in [-0.39, 0.29) is 12.2 Å². The molecule has 0 atom stereocenters. The molecular formula is C14H12FNO3. The van der Waals surface area contributed by atoms with Gasteiger partial charge in [-0.3, -0.25) is 4.98 Å². The molecule has 1 N–H and O–H groups in total. The highest BCUT2D eigenvalue weighted by atomic mass is 19.1. The molecule has 0 bridgehead atoms. The third kappa shape index (κ3) is 3.59. The van der Waals surface area contributed by atoms with Crippen LogP contribution in [0.2, 0.25) is 0 Å². The van der Waals surface area contributed by atoms with Crippen LogP contribution < -0.4 is 0 Å². The first-order valence-electron chi connectivity index (χ1n) is 5.65. The van der Waals surface area contributed by atoms with Crippen molar-refractivity contribution < 1.29 is 19.0 Å². The van der Waals surface area contributed by atoms with Gasteiger partial charge in [-0.1, -0.05) is 12.1 Å². The Bertz CT molecular complexity index is 572. The maximum absolute atomic E-state index is 13.4. The van der Waals surface area contributed by atoms with Crippen molar-refractivity contribution >= 4 is 5.97 Å². The summed E-state index contributed by atoms with van der Waals surface area (Å²) in [5.41, 5.74) is 1.17. The minimum Gasteiger partial charge on any atom is -0.478 e. The van der Waals surface area contributed by atoms with Crippen molar-refractivity contribution in [2.45, 2.75) is 13.2 Å². The number of halogens is 1. The van der Waals surface area contributed by atoms with Crippen molar-refractivity contribution in [1.82, 2.24) is 4.98 Å². The summed E-state index contributed by atoms with van der Waals surface area (Å²) < 4.78 is 18.8. The average molecular weight is 261 g/mol. The number of carbonyl (C=O) groups is 1. The quantitative estimate of drug-likeness (QED) is 0.898. The second-order valence-corrected chi connectivity index (χ2v) is 3.97. The molecule has 98 valence electrons. The monoisotopic (exact) mass is 261 g/mol. The molecule has 0 unspecified atom stereocenters. The van der Waals surface area contributed by atoms with Crippen molar-refractivity contribution in [1.29, 1.82) is 0 Å². The molecule has 2 aromatic rings. The van der Waals surface area contributed by atoms with E-state index in [1.54, 1.807) is 18.5 Å². The zero-order valence-corrected chi connectivity index (χ0v) is 10.0. The first kappa shape index (κ1) is 13.2. The van der Waals surface area contributed by atoms with Crippen molar-refractivity contribution in [2.24, 2.45) is 0 Å². The van der Waals surface area contributed by atoms with Gasteiger partial charge in [0.15, 0.2) is 0 Å². The largest absolute Gasteiger partial charge is 0.478 e. The maximum Gasteiger partial charge on any atom is 0.338 e. The fraction of sp³-hybridized carbons (Fsp3) is 0.143. The van der Waals surface area contributed by atoms with E-state index in [1.807, 2.05) is 6.07 Å². The third-order valence-electron chi connectivity index (χ3n) is 2.52. The van der Waals surface area contributed by atoms with Gasteiger partial charge in [-0.2, -0.15) is 0 Å². The number of benzene rings is 1. The van der Waals surface area contributed by atoms with Crippen molar-refractivity contribution in [3.63, 3.8) is 0 Å². The number of aromatic carboxylic acids is 1. The van der Waals surface area contributed by atoms with Crippen LogP contribution in [0.1, 0.15) is 21.5 Å². The van der Waals surface area contributed by atoms with Gasteiger partial charge in [-0.15, -0.1) is 0 Å². The SMILES string of the molecule is O=C(O)c1ccc(COCc2cccnc2)cc1F. The van der Waals surface area contributed by atoms with Crippen molar-refractivity contribution in [2.75, 3.05) is 0 Å². The van der Waals surface area contributed by atoms with Gasteiger partial charge in [0.05, 0.1) is 18.8 Å². The van der Waals surface area contributed by atoms with Gasteiger partial charge in [0.2, 0.25) is 0 Å². The lowest BCUT2D eigenvalue weighted by Crippen LogP contribution is -2.02. The third-order valence-corrected chi connectivity index (χ3v) is 2.52. The molecule has 5 heteroatoms. The lowest BCUT2D eigenvalue weighted by atomic mass is 10.1. The predicted octanol–water partition coefficient (Wildman–Crippen LogP) is 2.64. The molecule has 0 fully saturated rings. The Labute approximate surface area is 109 Å². The van der Waals surface area contributed by atoms with Crippen LogP contribution in [-0.4, -0.2) is 16.1 Å². The number of aromatic nitrogens is 1. The minimum atomic E-state index is -1.28. The van der Waals surface area contributed by atoms with E-state index in [0.717, 1.165) is 5.56 Å². The highest BCUT2D eigenvalue weighted by Gasteiger charge is 2.10. The van der Waals surface area contributed by atoms with Crippen molar-refractivity contribution in [3.05, 3.63) is 65.2 Å². The summed E-state index contributed by atoms with van der Waals surface area (Å²) in [7, 11) is 0. The average Bonchev–Trinajstić information content (AvgIpc) is 2.39. The summed E-state index contributed by atoms with van der Waals surface area (Å²) in [5.74, 6) is -2.03. The highest BCUT2D eigenvalue weighted by molar-refractivity contribution is 5.87. The van der Waals surface area contributed by atoms with Crippen LogP contribution in [0.3, 0.4) is 0 Å². The molecule has 0 aliphatic carbocycles. The molecule has 0 radical (unpaired) electrons.